The fourth-order valence-electron chi connectivity index (χ4n) is 3.83. The van der Waals surface area contributed by atoms with Crippen molar-refractivity contribution in [3.8, 4) is 0 Å². The molecule has 0 unspecified atom stereocenters. The Morgan fingerprint density at radius 3 is 3.00 bits per heavy atom. The van der Waals surface area contributed by atoms with E-state index in [1.54, 1.807) is 6.33 Å². The molecule has 0 radical (unpaired) electrons. The second-order valence-electron chi connectivity index (χ2n) is 6.78. The van der Waals surface area contributed by atoms with Gasteiger partial charge in [-0.15, -0.1) is 0 Å². The van der Waals surface area contributed by atoms with E-state index in [0.29, 0.717) is 5.54 Å². The highest BCUT2D eigenvalue weighted by atomic mass is 15.3. The van der Waals surface area contributed by atoms with E-state index < -0.39 is 0 Å². The summed E-state index contributed by atoms with van der Waals surface area (Å²) in [5, 5.41) is 1.15. The van der Waals surface area contributed by atoms with Gasteiger partial charge in [0.05, 0.1) is 5.39 Å². The van der Waals surface area contributed by atoms with Gasteiger partial charge in [0, 0.05) is 31.4 Å². The van der Waals surface area contributed by atoms with Crippen LogP contribution in [0.15, 0.2) is 18.6 Å². The second kappa shape index (κ2) is 5.54. The van der Waals surface area contributed by atoms with Crippen molar-refractivity contribution in [3.63, 3.8) is 0 Å². The quantitative estimate of drug-likeness (QED) is 0.943. The molecule has 0 amide bonds. The van der Waals surface area contributed by atoms with Crippen LogP contribution in [0.3, 0.4) is 0 Å². The van der Waals surface area contributed by atoms with Crippen LogP contribution in [0, 0.1) is 0 Å². The Morgan fingerprint density at radius 2 is 2.18 bits per heavy atom. The Hall–Kier alpha value is -1.62. The van der Waals surface area contributed by atoms with Crippen LogP contribution in [0.25, 0.3) is 11.0 Å². The van der Waals surface area contributed by atoms with Gasteiger partial charge in [-0.25, -0.2) is 9.97 Å². The molecule has 1 N–H and O–H groups in total. The van der Waals surface area contributed by atoms with Crippen molar-refractivity contribution in [1.29, 1.82) is 0 Å². The van der Waals surface area contributed by atoms with Crippen molar-refractivity contribution >= 4 is 16.9 Å². The summed E-state index contributed by atoms with van der Waals surface area (Å²) >= 11 is 0. The molecule has 1 saturated carbocycles. The summed E-state index contributed by atoms with van der Waals surface area (Å²) in [6.07, 6.45) is 10.2. The Kier molecular flexibility index (Phi) is 3.53. The number of hydrogen-bond acceptors (Lipinski definition) is 4. The van der Waals surface area contributed by atoms with Crippen LogP contribution in [0.2, 0.25) is 0 Å². The molecule has 2 aliphatic rings. The fourth-order valence-corrected chi connectivity index (χ4v) is 3.83. The highest BCUT2D eigenvalue weighted by Crippen LogP contribution is 2.44. The number of hydrogen-bond donors (Lipinski definition) is 1. The third-order valence-corrected chi connectivity index (χ3v) is 5.25. The zero-order valence-corrected chi connectivity index (χ0v) is 13.4. The monoisotopic (exact) mass is 299 g/mol. The molecule has 1 aliphatic heterocycles. The Balaban J connectivity index is 1.60. The van der Waals surface area contributed by atoms with Gasteiger partial charge in [0.15, 0.2) is 0 Å². The summed E-state index contributed by atoms with van der Waals surface area (Å²) in [7, 11) is 0. The molecule has 22 heavy (non-hydrogen) atoms. The van der Waals surface area contributed by atoms with Gasteiger partial charge in [-0.05, 0) is 38.3 Å². The predicted octanol–water partition coefficient (Wildman–Crippen LogP) is 2.80. The van der Waals surface area contributed by atoms with Crippen LogP contribution >= 0.6 is 0 Å². The Bertz CT molecular complexity index is 645. The topological polar surface area (TPSA) is 48.1 Å². The molecule has 4 rings (SSSR count). The smallest absolute Gasteiger partial charge is 0.142 e. The molecule has 0 atom stereocenters. The minimum absolute atomic E-state index is 0.416. The van der Waals surface area contributed by atoms with Gasteiger partial charge in [0.1, 0.15) is 17.8 Å². The van der Waals surface area contributed by atoms with Crippen molar-refractivity contribution in [2.45, 2.75) is 44.6 Å². The molecule has 5 nitrogen and oxygen atoms in total. The van der Waals surface area contributed by atoms with Gasteiger partial charge in [0.25, 0.3) is 0 Å². The average molecular weight is 299 g/mol. The van der Waals surface area contributed by atoms with E-state index in [9.17, 15) is 0 Å². The molecular formula is C17H25N5. The Morgan fingerprint density at radius 1 is 1.27 bits per heavy atom. The van der Waals surface area contributed by atoms with Gasteiger partial charge < -0.3 is 9.88 Å². The molecule has 0 aromatic carbocycles. The number of unbranched alkanes of at least 4 members (excludes halogenated alkanes) is 1. The van der Waals surface area contributed by atoms with Crippen molar-refractivity contribution in [2.24, 2.45) is 0 Å². The lowest BCUT2D eigenvalue weighted by atomic mass is 10.2. The predicted molar refractivity (Wildman–Crippen MR) is 89.2 cm³/mol. The summed E-state index contributed by atoms with van der Waals surface area (Å²) in [4.78, 5) is 17.4. The SMILES string of the molecule is CCCCN1CCCN(c2ncnc3[nH]ccc23)CC12CC2. The lowest BCUT2D eigenvalue weighted by Crippen LogP contribution is -2.44. The van der Waals surface area contributed by atoms with E-state index in [1.165, 1.54) is 45.2 Å². The number of H-pyrrole nitrogens is 1. The minimum Gasteiger partial charge on any atom is -0.354 e. The molecule has 118 valence electrons. The van der Waals surface area contributed by atoms with Crippen molar-refractivity contribution in [1.82, 2.24) is 19.9 Å². The first kappa shape index (κ1) is 14.0. The number of nitrogens with one attached hydrogen (secondary N) is 1. The van der Waals surface area contributed by atoms with Crippen molar-refractivity contribution in [3.05, 3.63) is 18.6 Å². The molecule has 5 heteroatoms. The van der Waals surface area contributed by atoms with E-state index >= 15 is 0 Å². The van der Waals surface area contributed by atoms with Gasteiger partial charge in [-0.1, -0.05) is 13.3 Å². The molecule has 2 aromatic heterocycles. The molecular weight excluding hydrogens is 274 g/mol. The zero-order chi connectivity index (χ0) is 15.0. The van der Waals surface area contributed by atoms with Crippen LogP contribution in [0.5, 0.6) is 0 Å². The standard InChI is InChI=1S/C17H25N5/c1-2-3-10-22-11-4-9-21(12-17(22)6-7-17)16-14-5-8-18-15(14)19-13-20-16/h5,8,13H,2-4,6-7,9-12H2,1H3,(H,18,19,20). The summed E-state index contributed by atoms with van der Waals surface area (Å²) < 4.78 is 0. The van der Waals surface area contributed by atoms with E-state index in [0.717, 1.165) is 29.9 Å². The normalized spacial score (nSPS) is 21.4. The van der Waals surface area contributed by atoms with Gasteiger partial charge >= 0.3 is 0 Å². The number of nitrogens with zero attached hydrogens (tertiary/aromatic N) is 4. The molecule has 2 aromatic rings. The molecule has 1 spiro atoms. The van der Waals surface area contributed by atoms with E-state index in [-0.39, 0.29) is 0 Å². The maximum absolute atomic E-state index is 4.60. The van der Waals surface area contributed by atoms with E-state index in [4.69, 9.17) is 0 Å². The van der Waals surface area contributed by atoms with Crippen molar-refractivity contribution in [2.75, 3.05) is 31.1 Å². The average Bonchev–Trinajstić information content (AvgIpc) is 3.20. The summed E-state index contributed by atoms with van der Waals surface area (Å²) in [6, 6.07) is 2.10. The first-order valence-electron chi connectivity index (χ1n) is 8.60. The molecule has 0 bridgehead atoms. The van der Waals surface area contributed by atoms with Gasteiger partial charge in [-0.2, -0.15) is 0 Å². The third kappa shape index (κ3) is 2.37. The molecule has 2 fully saturated rings. The number of rotatable bonds is 4. The summed E-state index contributed by atoms with van der Waals surface area (Å²) in [5.74, 6) is 1.11. The lowest BCUT2D eigenvalue weighted by Gasteiger charge is -2.32. The van der Waals surface area contributed by atoms with E-state index in [1.807, 2.05) is 6.20 Å². The van der Waals surface area contributed by atoms with Crippen molar-refractivity contribution < 1.29 is 0 Å². The summed E-state index contributed by atoms with van der Waals surface area (Å²) in [5.41, 5.74) is 1.36. The van der Waals surface area contributed by atoms with Crippen LogP contribution in [-0.4, -0.2) is 51.6 Å². The van der Waals surface area contributed by atoms with Crippen LogP contribution < -0.4 is 4.90 Å². The van der Waals surface area contributed by atoms with E-state index in [2.05, 4.69) is 37.7 Å². The first-order chi connectivity index (χ1) is 10.8. The summed E-state index contributed by atoms with van der Waals surface area (Å²) in [6.45, 7) is 6.99. The number of aromatic nitrogens is 3. The van der Waals surface area contributed by atoms with Gasteiger partial charge in [-0.3, -0.25) is 4.90 Å². The number of aromatic amines is 1. The minimum atomic E-state index is 0.416. The van der Waals surface area contributed by atoms with Crippen LogP contribution in [-0.2, 0) is 0 Å². The fraction of sp³-hybridized carbons (Fsp3) is 0.647. The number of anilines is 1. The maximum Gasteiger partial charge on any atom is 0.142 e. The first-order valence-corrected chi connectivity index (χ1v) is 8.60. The zero-order valence-electron chi connectivity index (χ0n) is 13.4. The highest BCUT2D eigenvalue weighted by Gasteiger charge is 2.49. The number of fused-ring (bicyclic) bond motifs is 1. The molecule has 1 aliphatic carbocycles. The van der Waals surface area contributed by atoms with Crippen LogP contribution in [0.4, 0.5) is 5.82 Å². The maximum atomic E-state index is 4.60. The van der Waals surface area contributed by atoms with Crippen LogP contribution in [0.1, 0.15) is 39.0 Å². The Labute approximate surface area is 131 Å². The highest BCUT2D eigenvalue weighted by molar-refractivity contribution is 5.87. The van der Waals surface area contributed by atoms with Gasteiger partial charge in [0.2, 0.25) is 0 Å². The molecule has 3 heterocycles. The second-order valence-corrected chi connectivity index (χ2v) is 6.78. The largest absolute Gasteiger partial charge is 0.354 e. The lowest BCUT2D eigenvalue weighted by molar-refractivity contribution is 0.190. The third-order valence-electron chi connectivity index (χ3n) is 5.25. The molecule has 1 saturated heterocycles.